The van der Waals surface area contributed by atoms with Gasteiger partial charge in [-0.1, -0.05) is 19.4 Å². The molecular weight excluding hydrogens is 567 g/mol. The first-order valence-electron chi connectivity index (χ1n) is 12.2. The van der Waals surface area contributed by atoms with E-state index in [1.54, 1.807) is 42.5 Å². The number of aliphatic imine (C=N–C) groups is 1. The van der Waals surface area contributed by atoms with Gasteiger partial charge in [-0.05, 0) is 56.9 Å². The number of benzene rings is 2. The number of aromatic hydroxyl groups is 1. The standard InChI is InChI=1S/C24H31N5O4S.C2HF3O2/c1-5-6-20(22-19-12-7-16(23(25)30)15-21(19)27-24(22)31)26-17-8-10-18(11-9-17)29(34(4,32)33)14-13-28(2)3;3-2(4,5)1(6)7/h7-12,15,27,31H,5-6,13-14H2,1-4H3,(H2,25,30);(H,6,7). The predicted octanol–water partition coefficient (Wildman–Crippen LogP) is 3.85. The molecule has 0 saturated heterocycles. The number of aliphatic carboxylic acids is 1. The van der Waals surface area contributed by atoms with E-state index in [0.717, 1.165) is 11.8 Å². The molecule has 0 aliphatic rings. The summed E-state index contributed by atoms with van der Waals surface area (Å²) in [7, 11) is 0.350. The van der Waals surface area contributed by atoms with Gasteiger partial charge in [-0.25, -0.2) is 13.2 Å². The van der Waals surface area contributed by atoms with Crippen LogP contribution in [0.25, 0.3) is 10.9 Å². The number of rotatable bonds is 10. The maximum atomic E-state index is 12.3. The molecule has 0 unspecified atom stereocenters. The summed E-state index contributed by atoms with van der Waals surface area (Å²) in [5, 5.41) is 18.5. The van der Waals surface area contributed by atoms with Crippen molar-refractivity contribution in [2.24, 2.45) is 10.7 Å². The zero-order valence-corrected chi connectivity index (χ0v) is 23.7. The fourth-order valence-electron chi connectivity index (χ4n) is 3.73. The number of amides is 1. The molecule has 41 heavy (non-hydrogen) atoms. The Balaban J connectivity index is 0.000000745. The summed E-state index contributed by atoms with van der Waals surface area (Å²) in [5.74, 6) is -3.34. The molecule has 1 amide bonds. The predicted molar refractivity (Wildman–Crippen MR) is 150 cm³/mol. The van der Waals surface area contributed by atoms with Crippen LogP contribution in [0, 0.1) is 0 Å². The number of primary amides is 1. The highest BCUT2D eigenvalue weighted by molar-refractivity contribution is 7.92. The molecule has 0 aliphatic heterocycles. The Hall–Kier alpha value is -4.11. The lowest BCUT2D eigenvalue weighted by Crippen LogP contribution is -2.35. The minimum Gasteiger partial charge on any atom is -0.494 e. The largest absolute Gasteiger partial charge is 0.494 e. The molecule has 0 spiro atoms. The van der Waals surface area contributed by atoms with Gasteiger partial charge in [-0.3, -0.25) is 14.1 Å². The van der Waals surface area contributed by atoms with Crippen LogP contribution in [-0.4, -0.2) is 85.7 Å². The first kappa shape index (κ1) is 33.1. The van der Waals surface area contributed by atoms with Crippen molar-refractivity contribution >= 4 is 49.9 Å². The van der Waals surface area contributed by atoms with Crippen LogP contribution in [0.15, 0.2) is 47.5 Å². The molecule has 224 valence electrons. The summed E-state index contributed by atoms with van der Waals surface area (Å²) in [6.45, 7) is 2.95. The van der Waals surface area contributed by atoms with Crippen molar-refractivity contribution in [1.82, 2.24) is 9.88 Å². The van der Waals surface area contributed by atoms with E-state index in [4.69, 9.17) is 20.6 Å². The number of sulfonamides is 1. The number of fused-ring (bicyclic) bond motifs is 1. The third-order valence-corrected chi connectivity index (χ3v) is 6.83. The van der Waals surface area contributed by atoms with Gasteiger partial charge in [0.1, 0.15) is 0 Å². The Bertz CT molecular complexity index is 1520. The molecule has 3 aromatic rings. The van der Waals surface area contributed by atoms with Crippen LogP contribution in [0.1, 0.15) is 35.7 Å². The van der Waals surface area contributed by atoms with E-state index in [2.05, 4.69) is 4.98 Å². The Morgan fingerprint density at radius 1 is 1.07 bits per heavy atom. The third kappa shape index (κ3) is 9.21. The van der Waals surface area contributed by atoms with Crippen molar-refractivity contribution in [2.45, 2.75) is 25.9 Å². The molecule has 15 heteroatoms. The highest BCUT2D eigenvalue weighted by atomic mass is 32.2. The normalized spacial score (nSPS) is 12.2. The lowest BCUT2D eigenvalue weighted by Gasteiger charge is -2.24. The zero-order valence-electron chi connectivity index (χ0n) is 22.9. The Labute approximate surface area is 235 Å². The van der Waals surface area contributed by atoms with Crippen LogP contribution in [0.2, 0.25) is 0 Å². The Morgan fingerprint density at radius 3 is 2.12 bits per heavy atom. The SMILES string of the molecule is CCCC(=Nc1ccc(N(CCN(C)C)S(C)(=O)=O)cc1)c1c(O)[nH]c2cc(C(N)=O)ccc12.O=C(O)C(F)(F)F. The van der Waals surface area contributed by atoms with Gasteiger partial charge >= 0.3 is 12.1 Å². The number of nitrogens with two attached hydrogens (primary N) is 1. The van der Waals surface area contributed by atoms with Crippen LogP contribution < -0.4 is 10.0 Å². The van der Waals surface area contributed by atoms with E-state index in [1.165, 1.54) is 10.6 Å². The average molecular weight is 600 g/mol. The zero-order chi connectivity index (χ0) is 31.1. The topological polar surface area (TPSA) is 169 Å². The molecule has 5 N–H and O–H groups in total. The van der Waals surface area contributed by atoms with Crippen molar-refractivity contribution in [1.29, 1.82) is 0 Å². The van der Waals surface area contributed by atoms with Gasteiger partial charge in [0, 0.05) is 29.6 Å². The van der Waals surface area contributed by atoms with Crippen LogP contribution in [-0.2, 0) is 14.8 Å². The van der Waals surface area contributed by atoms with Gasteiger partial charge in [0.05, 0.1) is 28.9 Å². The molecule has 1 heterocycles. The maximum absolute atomic E-state index is 12.3. The van der Waals surface area contributed by atoms with Crippen LogP contribution in [0.3, 0.4) is 0 Å². The number of aromatic amines is 1. The molecule has 3 rings (SSSR count). The lowest BCUT2D eigenvalue weighted by atomic mass is 10.0. The summed E-state index contributed by atoms with van der Waals surface area (Å²) in [4.78, 5) is 30.0. The molecule has 0 fully saturated rings. The number of hydrogen-bond donors (Lipinski definition) is 4. The number of aromatic nitrogens is 1. The fourth-order valence-corrected chi connectivity index (χ4v) is 4.65. The van der Waals surface area contributed by atoms with E-state index in [0.29, 0.717) is 53.2 Å². The van der Waals surface area contributed by atoms with Gasteiger partial charge in [0.15, 0.2) is 5.88 Å². The van der Waals surface area contributed by atoms with E-state index in [9.17, 15) is 31.5 Å². The van der Waals surface area contributed by atoms with Gasteiger partial charge in [0.25, 0.3) is 0 Å². The number of carboxylic acid groups (broad SMARTS) is 1. The van der Waals surface area contributed by atoms with E-state index in [-0.39, 0.29) is 5.88 Å². The van der Waals surface area contributed by atoms with Crippen molar-refractivity contribution in [3.8, 4) is 5.88 Å². The number of halogens is 3. The third-order valence-electron chi connectivity index (χ3n) is 5.63. The van der Waals surface area contributed by atoms with Crippen molar-refractivity contribution in [3.63, 3.8) is 0 Å². The number of carboxylic acids is 1. The molecule has 11 nitrogen and oxygen atoms in total. The summed E-state index contributed by atoms with van der Waals surface area (Å²) in [6, 6.07) is 11.9. The first-order chi connectivity index (χ1) is 18.9. The molecule has 0 saturated carbocycles. The first-order valence-corrected chi connectivity index (χ1v) is 14.1. The minimum atomic E-state index is -5.08. The number of likely N-dealkylation sites (N-methyl/N-ethyl adjacent to an activating group) is 1. The summed E-state index contributed by atoms with van der Waals surface area (Å²) >= 11 is 0. The summed E-state index contributed by atoms with van der Waals surface area (Å²) in [5.41, 5.74) is 8.75. The number of anilines is 1. The van der Waals surface area contributed by atoms with Crippen LogP contribution in [0.5, 0.6) is 5.88 Å². The van der Waals surface area contributed by atoms with Crippen LogP contribution >= 0.6 is 0 Å². The monoisotopic (exact) mass is 599 g/mol. The number of carbonyl (C=O) groups is 2. The van der Waals surface area contributed by atoms with E-state index < -0.39 is 28.1 Å². The van der Waals surface area contributed by atoms with Crippen molar-refractivity contribution < 1.29 is 41.4 Å². The van der Waals surface area contributed by atoms with Gasteiger partial charge in [-0.2, -0.15) is 13.2 Å². The molecule has 1 aromatic heterocycles. The van der Waals surface area contributed by atoms with Crippen LogP contribution in [0.4, 0.5) is 24.5 Å². The number of H-pyrrole nitrogens is 1. The van der Waals surface area contributed by atoms with Crippen molar-refractivity contribution in [3.05, 3.63) is 53.6 Å². The van der Waals surface area contributed by atoms with Gasteiger partial charge in [-0.15, -0.1) is 0 Å². The molecular formula is C26H32F3N5O6S. The van der Waals surface area contributed by atoms with E-state index in [1.807, 2.05) is 25.9 Å². The van der Waals surface area contributed by atoms with Crippen molar-refractivity contribution in [2.75, 3.05) is 37.7 Å². The lowest BCUT2D eigenvalue weighted by molar-refractivity contribution is -0.192. The Kier molecular flexibility index (Phi) is 10.9. The second kappa shape index (κ2) is 13.5. The number of hydrogen-bond acceptors (Lipinski definition) is 7. The molecule has 0 aliphatic carbocycles. The molecule has 2 aromatic carbocycles. The fraction of sp³-hybridized carbons (Fsp3) is 0.346. The highest BCUT2D eigenvalue weighted by Crippen LogP contribution is 2.32. The Morgan fingerprint density at radius 2 is 1.66 bits per heavy atom. The number of nitrogens with zero attached hydrogens (tertiary/aromatic N) is 3. The second-order valence-electron chi connectivity index (χ2n) is 9.24. The minimum absolute atomic E-state index is 0.0348. The molecule has 0 bridgehead atoms. The van der Waals surface area contributed by atoms with E-state index >= 15 is 0 Å². The number of alkyl halides is 3. The quantitative estimate of drug-likeness (QED) is 0.257. The average Bonchev–Trinajstić information content (AvgIpc) is 3.18. The van der Waals surface area contributed by atoms with Gasteiger partial charge in [0.2, 0.25) is 15.9 Å². The summed E-state index contributed by atoms with van der Waals surface area (Å²) in [6.07, 6.45) is -2.48. The highest BCUT2D eigenvalue weighted by Gasteiger charge is 2.38. The molecule has 0 radical (unpaired) electrons. The summed E-state index contributed by atoms with van der Waals surface area (Å²) < 4.78 is 57.7. The smallest absolute Gasteiger partial charge is 0.490 e. The number of nitrogens with one attached hydrogen (secondary N) is 1. The van der Waals surface area contributed by atoms with Gasteiger partial charge < -0.3 is 25.8 Å². The second-order valence-corrected chi connectivity index (χ2v) is 11.1. The number of carbonyl (C=O) groups excluding carboxylic acids is 1. The molecule has 0 atom stereocenters. The maximum Gasteiger partial charge on any atom is 0.490 e.